The van der Waals surface area contributed by atoms with Crippen LogP contribution in [0.4, 0.5) is 5.69 Å². The molecule has 0 amide bonds. The van der Waals surface area contributed by atoms with E-state index in [1.54, 1.807) is 6.92 Å². The quantitative estimate of drug-likeness (QED) is 0.490. The third kappa shape index (κ3) is 3.05. The summed E-state index contributed by atoms with van der Waals surface area (Å²) in [6.07, 6.45) is 0. The maximum atomic E-state index is 12.0. The van der Waals surface area contributed by atoms with Gasteiger partial charge in [0, 0.05) is 5.56 Å². The molecule has 0 aliphatic heterocycles. The first-order valence-electron chi connectivity index (χ1n) is 6.43. The summed E-state index contributed by atoms with van der Waals surface area (Å²) >= 11 is 0. The zero-order valence-electron chi connectivity index (χ0n) is 11.7. The fourth-order valence-electron chi connectivity index (χ4n) is 2.02. The number of esters is 1. The standard InChI is InChI=1S/C15H14N2O4/c1-3-21-15(18)12-9-13(11-7-5-4-6-8-11)16-10(2)14(12)17(19)20/h4-9H,3H2,1-2H3. The number of ether oxygens (including phenoxy) is 1. The highest BCUT2D eigenvalue weighted by Gasteiger charge is 2.26. The van der Waals surface area contributed by atoms with Gasteiger partial charge in [-0.25, -0.2) is 9.78 Å². The van der Waals surface area contributed by atoms with E-state index in [1.165, 1.54) is 13.0 Å². The summed E-state index contributed by atoms with van der Waals surface area (Å²) in [5.41, 5.74) is 1.08. The summed E-state index contributed by atoms with van der Waals surface area (Å²) in [6, 6.07) is 10.6. The molecule has 2 aromatic rings. The van der Waals surface area contributed by atoms with Crippen LogP contribution in [0.25, 0.3) is 11.3 Å². The van der Waals surface area contributed by atoms with Gasteiger partial charge in [0.1, 0.15) is 11.3 Å². The van der Waals surface area contributed by atoms with Crippen molar-refractivity contribution < 1.29 is 14.5 Å². The number of nitrogens with zero attached hydrogens (tertiary/aromatic N) is 2. The van der Waals surface area contributed by atoms with Gasteiger partial charge in [0.05, 0.1) is 17.2 Å². The summed E-state index contributed by atoms with van der Waals surface area (Å²) < 4.78 is 4.89. The maximum Gasteiger partial charge on any atom is 0.345 e. The lowest BCUT2D eigenvalue weighted by atomic mass is 10.1. The highest BCUT2D eigenvalue weighted by Crippen LogP contribution is 2.28. The Balaban J connectivity index is 2.62. The smallest absolute Gasteiger partial charge is 0.345 e. The van der Waals surface area contributed by atoms with Crippen molar-refractivity contribution in [2.45, 2.75) is 13.8 Å². The Hall–Kier alpha value is -2.76. The zero-order chi connectivity index (χ0) is 15.4. The average Bonchev–Trinajstić information content (AvgIpc) is 2.47. The van der Waals surface area contributed by atoms with Crippen molar-refractivity contribution in [2.24, 2.45) is 0 Å². The van der Waals surface area contributed by atoms with Crippen LogP contribution in [0.2, 0.25) is 0 Å². The molecule has 0 radical (unpaired) electrons. The molecular formula is C15H14N2O4. The van der Waals surface area contributed by atoms with Gasteiger partial charge in [-0.3, -0.25) is 10.1 Å². The lowest BCUT2D eigenvalue weighted by Gasteiger charge is -2.08. The van der Waals surface area contributed by atoms with Crippen molar-refractivity contribution in [1.29, 1.82) is 0 Å². The number of nitro groups is 1. The number of pyridine rings is 1. The number of aromatic nitrogens is 1. The van der Waals surface area contributed by atoms with Gasteiger partial charge in [0.25, 0.3) is 0 Å². The van der Waals surface area contributed by atoms with E-state index in [-0.39, 0.29) is 23.6 Å². The Morgan fingerprint density at radius 3 is 2.57 bits per heavy atom. The molecule has 0 N–H and O–H groups in total. The molecule has 0 aliphatic rings. The summed E-state index contributed by atoms with van der Waals surface area (Å²) in [5.74, 6) is -0.716. The second-order valence-corrected chi connectivity index (χ2v) is 4.33. The van der Waals surface area contributed by atoms with Gasteiger partial charge >= 0.3 is 11.7 Å². The topological polar surface area (TPSA) is 82.3 Å². The molecule has 0 saturated heterocycles. The Bertz CT molecular complexity index is 684. The number of carbonyl (C=O) groups is 1. The van der Waals surface area contributed by atoms with E-state index in [4.69, 9.17) is 4.74 Å². The molecule has 0 unspecified atom stereocenters. The number of hydrogen-bond donors (Lipinski definition) is 0. The Labute approximate surface area is 121 Å². The SMILES string of the molecule is CCOC(=O)c1cc(-c2ccccc2)nc(C)c1[N+](=O)[O-]. The van der Waals surface area contributed by atoms with Gasteiger partial charge in [0.15, 0.2) is 0 Å². The fourth-order valence-corrected chi connectivity index (χ4v) is 2.02. The first-order valence-corrected chi connectivity index (χ1v) is 6.43. The molecule has 21 heavy (non-hydrogen) atoms. The van der Waals surface area contributed by atoms with Gasteiger partial charge in [-0.1, -0.05) is 30.3 Å². The normalized spacial score (nSPS) is 10.2. The van der Waals surface area contributed by atoms with Crippen molar-refractivity contribution in [2.75, 3.05) is 6.61 Å². The van der Waals surface area contributed by atoms with E-state index < -0.39 is 10.9 Å². The lowest BCUT2D eigenvalue weighted by Crippen LogP contribution is -2.10. The van der Waals surface area contributed by atoms with E-state index in [0.717, 1.165) is 5.56 Å². The van der Waals surface area contributed by atoms with Crippen molar-refractivity contribution in [3.63, 3.8) is 0 Å². The van der Waals surface area contributed by atoms with Crippen LogP contribution in [0.3, 0.4) is 0 Å². The van der Waals surface area contributed by atoms with Crippen LogP contribution in [0.15, 0.2) is 36.4 Å². The second kappa shape index (κ2) is 6.13. The summed E-state index contributed by atoms with van der Waals surface area (Å²) in [6.45, 7) is 3.31. The molecule has 0 saturated carbocycles. The number of rotatable bonds is 4. The van der Waals surface area contributed by atoms with E-state index in [2.05, 4.69) is 4.98 Å². The molecule has 108 valence electrons. The van der Waals surface area contributed by atoms with Crippen molar-refractivity contribution in [1.82, 2.24) is 4.98 Å². The highest BCUT2D eigenvalue weighted by atomic mass is 16.6. The third-order valence-electron chi connectivity index (χ3n) is 2.91. The molecule has 1 heterocycles. The minimum atomic E-state index is -0.716. The summed E-state index contributed by atoms with van der Waals surface area (Å²) in [7, 11) is 0. The van der Waals surface area contributed by atoms with Crippen LogP contribution < -0.4 is 0 Å². The van der Waals surface area contributed by atoms with Gasteiger partial charge in [-0.15, -0.1) is 0 Å². The molecule has 1 aromatic heterocycles. The Kier molecular flexibility index (Phi) is 4.27. The van der Waals surface area contributed by atoms with Crippen molar-refractivity contribution >= 4 is 11.7 Å². The molecular weight excluding hydrogens is 272 g/mol. The minimum absolute atomic E-state index is 0.0757. The second-order valence-electron chi connectivity index (χ2n) is 4.33. The van der Waals surface area contributed by atoms with Crippen LogP contribution in [0, 0.1) is 17.0 Å². The Morgan fingerprint density at radius 2 is 2.00 bits per heavy atom. The van der Waals surface area contributed by atoms with Crippen LogP contribution in [-0.2, 0) is 4.74 Å². The summed E-state index contributed by atoms with van der Waals surface area (Å²) in [4.78, 5) is 26.7. The van der Waals surface area contributed by atoms with E-state index in [9.17, 15) is 14.9 Å². The monoisotopic (exact) mass is 286 g/mol. The largest absolute Gasteiger partial charge is 0.462 e. The Morgan fingerprint density at radius 1 is 1.33 bits per heavy atom. The first-order chi connectivity index (χ1) is 10.0. The van der Waals surface area contributed by atoms with E-state index in [0.29, 0.717) is 5.69 Å². The number of benzene rings is 1. The molecule has 0 atom stereocenters. The molecule has 6 nitrogen and oxygen atoms in total. The molecule has 2 rings (SSSR count). The fraction of sp³-hybridized carbons (Fsp3) is 0.200. The predicted octanol–water partition coefficient (Wildman–Crippen LogP) is 3.14. The highest BCUT2D eigenvalue weighted by molar-refractivity contribution is 5.95. The van der Waals surface area contributed by atoms with Crippen molar-refractivity contribution in [3.8, 4) is 11.3 Å². The molecule has 0 spiro atoms. The maximum absolute atomic E-state index is 12.0. The van der Waals surface area contributed by atoms with Crippen LogP contribution >= 0.6 is 0 Å². The van der Waals surface area contributed by atoms with Gasteiger partial charge in [-0.05, 0) is 19.9 Å². The summed E-state index contributed by atoms with van der Waals surface area (Å²) in [5, 5.41) is 11.2. The lowest BCUT2D eigenvalue weighted by molar-refractivity contribution is -0.386. The predicted molar refractivity (Wildman–Crippen MR) is 77.0 cm³/mol. The van der Waals surface area contributed by atoms with E-state index >= 15 is 0 Å². The third-order valence-corrected chi connectivity index (χ3v) is 2.91. The van der Waals surface area contributed by atoms with E-state index in [1.807, 2.05) is 30.3 Å². The number of aryl methyl sites for hydroxylation is 1. The van der Waals surface area contributed by atoms with Gasteiger partial charge < -0.3 is 4.74 Å². The van der Waals surface area contributed by atoms with Crippen LogP contribution in [0.1, 0.15) is 23.0 Å². The average molecular weight is 286 g/mol. The molecule has 1 aromatic carbocycles. The zero-order valence-corrected chi connectivity index (χ0v) is 11.7. The van der Waals surface area contributed by atoms with Crippen LogP contribution in [0.5, 0.6) is 0 Å². The number of carbonyl (C=O) groups excluding carboxylic acids is 1. The molecule has 0 aliphatic carbocycles. The molecule has 0 fully saturated rings. The molecule has 0 bridgehead atoms. The van der Waals surface area contributed by atoms with Crippen LogP contribution in [-0.4, -0.2) is 22.5 Å². The van der Waals surface area contributed by atoms with Gasteiger partial charge in [-0.2, -0.15) is 0 Å². The minimum Gasteiger partial charge on any atom is -0.462 e. The number of hydrogen-bond acceptors (Lipinski definition) is 5. The first kappa shape index (κ1) is 14.6. The van der Waals surface area contributed by atoms with Gasteiger partial charge in [0.2, 0.25) is 0 Å². The molecule has 6 heteroatoms. The van der Waals surface area contributed by atoms with Crippen molar-refractivity contribution in [3.05, 3.63) is 57.8 Å².